The van der Waals surface area contributed by atoms with Crippen LogP contribution in [0.4, 0.5) is 10.8 Å². The molecular weight excluding hydrogens is 467 g/mol. The molecule has 0 saturated carbocycles. The molecule has 1 amide bonds. The molecule has 7 nitrogen and oxygen atoms in total. The SMILES string of the molecule is CC[C@@H](C(=O)Nc1nnc(-c2ccccc2)s1)N(c1cc(Cl)ccc1Cl)S(C)(=O)=O. The first-order chi connectivity index (χ1) is 14.2. The molecule has 1 atom stereocenters. The molecule has 3 aromatic rings. The van der Waals surface area contributed by atoms with E-state index < -0.39 is 22.0 Å². The number of aromatic nitrogens is 2. The first kappa shape index (κ1) is 22.5. The summed E-state index contributed by atoms with van der Waals surface area (Å²) in [6.07, 6.45) is 1.21. The highest BCUT2D eigenvalue weighted by Gasteiger charge is 2.33. The smallest absolute Gasteiger partial charge is 0.250 e. The van der Waals surface area contributed by atoms with Crippen molar-refractivity contribution in [2.75, 3.05) is 15.9 Å². The van der Waals surface area contributed by atoms with Gasteiger partial charge in [0.15, 0.2) is 0 Å². The predicted octanol–water partition coefficient (Wildman–Crippen LogP) is 4.70. The lowest BCUT2D eigenvalue weighted by Gasteiger charge is -2.30. The summed E-state index contributed by atoms with van der Waals surface area (Å²) < 4.78 is 26.1. The number of nitrogens with one attached hydrogen (secondary N) is 1. The molecular formula is C19H18Cl2N4O3S2. The Bertz CT molecular complexity index is 1150. The van der Waals surface area contributed by atoms with Gasteiger partial charge < -0.3 is 0 Å². The number of nitrogens with zero attached hydrogens (tertiary/aromatic N) is 3. The van der Waals surface area contributed by atoms with Gasteiger partial charge in [0.1, 0.15) is 11.0 Å². The number of hydrogen-bond donors (Lipinski definition) is 1. The minimum absolute atomic E-state index is 0.135. The van der Waals surface area contributed by atoms with Gasteiger partial charge in [-0.1, -0.05) is 71.8 Å². The minimum atomic E-state index is -3.85. The maximum Gasteiger partial charge on any atom is 0.250 e. The summed E-state index contributed by atoms with van der Waals surface area (Å²) in [6.45, 7) is 1.70. The van der Waals surface area contributed by atoms with Crippen LogP contribution >= 0.6 is 34.5 Å². The fraction of sp³-hybridized carbons (Fsp3) is 0.211. The second-order valence-electron chi connectivity index (χ2n) is 6.35. The van der Waals surface area contributed by atoms with Crippen LogP contribution in [0.25, 0.3) is 10.6 Å². The summed E-state index contributed by atoms with van der Waals surface area (Å²) >= 11 is 13.4. The van der Waals surface area contributed by atoms with E-state index in [9.17, 15) is 13.2 Å². The van der Waals surface area contributed by atoms with Gasteiger partial charge in [-0.2, -0.15) is 0 Å². The number of sulfonamides is 1. The molecule has 3 rings (SSSR count). The van der Waals surface area contributed by atoms with Crippen LogP contribution in [0.2, 0.25) is 10.0 Å². The number of halogens is 2. The minimum Gasteiger partial charge on any atom is -0.299 e. The quantitative estimate of drug-likeness (QED) is 0.524. The lowest BCUT2D eigenvalue weighted by Crippen LogP contribution is -2.47. The summed E-state index contributed by atoms with van der Waals surface area (Å²) in [6, 6.07) is 12.8. The summed E-state index contributed by atoms with van der Waals surface area (Å²) in [5, 5.41) is 12.1. The molecule has 0 fully saturated rings. The van der Waals surface area contributed by atoms with Crippen LogP contribution in [0.15, 0.2) is 48.5 Å². The van der Waals surface area contributed by atoms with Crippen molar-refractivity contribution in [3.63, 3.8) is 0 Å². The van der Waals surface area contributed by atoms with Crippen LogP contribution in [0, 0.1) is 0 Å². The number of amides is 1. The molecule has 0 aliphatic carbocycles. The highest BCUT2D eigenvalue weighted by molar-refractivity contribution is 7.92. The van der Waals surface area contributed by atoms with Gasteiger partial charge in [0.25, 0.3) is 0 Å². The van der Waals surface area contributed by atoms with Gasteiger partial charge in [-0.3, -0.25) is 14.4 Å². The third kappa shape index (κ3) is 5.10. The van der Waals surface area contributed by atoms with E-state index in [4.69, 9.17) is 23.2 Å². The van der Waals surface area contributed by atoms with Crippen molar-refractivity contribution in [1.82, 2.24) is 10.2 Å². The van der Waals surface area contributed by atoms with Gasteiger partial charge in [-0.05, 0) is 24.6 Å². The maximum atomic E-state index is 13.0. The number of carbonyl (C=O) groups excluding carboxylic acids is 1. The van der Waals surface area contributed by atoms with Gasteiger partial charge in [0.05, 0.1) is 17.0 Å². The van der Waals surface area contributed by atoms with E-state index >= 15 is 0 Å². The van der Waals surface area contributed by atoms with Gasteiger partial charge in [-0.15, -0.1) is 10.2 Å². The largest absolute Gasteiger partial charge is 0.299 e. The lowest BCUT2D eigenvalue weighted by molar-refractivity contribution is -0.117. The van der Waals surface area contributed by atoms with Crippen molar-refractivity contribution in [2.45, 2.75) is 19.4 Å². The Labute approximate surface area is 188 Å². The number of carbonyl (C=O) groups is 1. The molecule has 0 unspecified atom stereocenters. The zero-order valence-corrected chi connectivity index (χ0v) is 19.2. The number of anilines is 2. The third-order valence-electron chi connectivity index (χ3n) is 4.15. The average Bonchev–Trinajstić information content (AvgIpc) is 3.16. The first-order valence-electron chi connectivity index (χ1n) is 8.85. The van der Waals surface area contributed by atoms with Gasteiger partial charge in [-0.25, -0.2) is 8.42 Å². The topological polar surface area (TPSA) is 92.3 Å². The summed E-state index contributed by atoms with van der Waals surface area (Å²) in [5.41, 5.74) is 1.00. The molecule has 0 aliphatic heterocycles. The Morgan fingerprint density at radius 2 is 1.87 bits per heavy atom. The van der Waals surface area contributed by atoms with Crippen molar-refractivity contribution in [3.8, 4) is 10.6 Å². The first-order valence-corrected chi connectivity index (χ1v) is 12.3. The predicted molar refractivity (Wildman–Crippen MR) is 122 cm³/mol. The van der Waals surface area contributed by atoms with Crippen LogP contribution in [0.5, 0.6) is 0 Å². The average molecular weight is 485 g/mol. The highest BCUT2D eigenvalue weighted by atomic mass is 35.5. The fourth-order valence-electron chi connectivity index (χ4n) is 2.85. The Morgan fingerprint density at radius 1 is 1.17 bits per heavy atom. The second kappa shape index (κ2) is 9.30. The fourth-order valence-corrected chi connectivity index (χ4v) is 5.24. The molecule has 30 heavy (non-hydrogen) atoms. The molecule has 1 aromatic heterocycles. The molecule has 158 valence electrons. The second-order valence-corrected chi connectivity index (χ2v) is 10.0. The van der Waals surface area contributed by atoms with Crippen LogP contribution in [-0.2, 0) is 14.8 Å². The number of benzene rings is 2. The molecule has 0 bridgehead atoms. The van der Waals surface area contributed by atoms with Crippen LogP contribution in [-0.4, -0.2) is 36.8 Å². The summed E-state index contributed by atoms with van der Waals surface area (Å²) in [5.74, 6) is -0.547. The van der Waals surface area contributed by atoms with Crippen molar-refractivity contribution < 1.29 is 13.2 Å². The molecule has 2 aromatic carbocycles. The van der Waals surface area contributed by atoms with E-state index in [1.54, 1.807) is 13.0 Å². The Morgan fingerprint density at radius 3 is 2.50 bits per heavy atom. The summed E-state index contributed by atoms with van der Waals surface area (Å²) in [7, 11) is -3.85. The molecule has 0 saturated heterocycles. The number of hydrogen-bond acceptors (Lipinski definition) is 6. The molecule has 11 heteroatoms. The standard InChI is InChI=1S/C19H18Cl2N4O3S2/c1-3-15(25(30(2,27)28)16-11-13(20)9-10-14(16)21)17(26)22-19-24-23-18(29-19)12-7-5-4-6-8-12/h4-11,15H,3H2,1-2H3,(H,22,24,26)/t15-/m0/s1. The van der Waals surface area contributed by atoms with E-state index in [0.717, 1.165) is 16.1 Å². The van der Waals surface area contributed by atoms with Gasteiger partial charge in [0, 0.05) is 10.6 Å². The van der Waals surface area contributed by atoms with Crippen molar-refractivity contribution in [1.29, 1.82) is 0 Å². The molecule has 0 radical (unpaired) electrons. The normalized spacial score (nSPS) is 12.4. The lowest BCUT2D eigenvalue weighted by atomic mass is 10.2. The van der Waals surface area contributed by atoms with Crippen molar-refractivity contribution in [2.24, 2.45) is 0 Å². The molecule has 0 spiro atoms. The van der Waals surface area contributed by atoms with Gasteiger partial charge in [0.2, 0.25) is 21.1 Å². The monoisotopic (exact) mass is 484 g/mol. The van der Waals surface area contributed by atoms with E-state index in [1.165, 1.54) is 23.5 Å². The van der Waals surface area contributed by atoms with Gasteiger partial charge >= 0.3 is 0 Å². The number of rotatable bonds is 7. The summed E-state index contributed by atoms with van der Waals surface area (Å²) in [4.78, 5) is 13.0. The van der Waals surface area contributed by atoms with E-state index in [0.29, 0.717) is 10.0 Å². The molecule has 1 N–H and O–H groups in total. The highest BCUT2D eigenvalue weighted by Crippen LogP contribution is 2.33. The van der Waals surface area contributed by atoms with Crippen LogP contribution in [0.3, 0.4) is 0 Å². The zero-order chi connectivity index (χ0) is 21.9. The third-order valence-corrected chi connectivity index (χ3v) is 6.76. The van der Waals surface area contributed by atoms with E-state index in [-0.39, 0.29) is 22.3 Å². The molecule has 1 heterocycles. The van der Waals surface area contributed by atoms with Crippen LogP contribution in [0.1, 0.15) is 13.3 Å². The van der Waals surface area contributed by atoms with Crippen LogP contribution < -0.4 is 9.62 Å². The van der Waals surface area contributed by atoms with E-state index in [1.807, 2.05) is 30.3 Å². The Hall–Kier alpha value is -2.20. The zero-order valence-electron chi connectivity index (χ0n) is 16.0. The van der Waals surface area contributed by atoms with Crippen molar-refractivity contribution in [3.05, 3.63) is 58.6 Å². The molecule has 0 aliphatic rings. The Balaban J connectivity index is 1.90. The van der Waals surface area contributed by atoms with Crippen molar-refractivity contribution >= 4 is 61.3 Å². The maximum absolute atomic E-state index is 13.0. The Kier molecular flexibility index (Phi) is 6.97. The van der Waals surface area contributed by atoms with E-state index in [2.05, 4.69) is 15.5 Å².